The number of carbonyl (C=O) groups excluding carboxylic acids is 1. The fourth-order valence-corrected chi connectivity index (χ4v) is 3.84. The molecule has 1 N–H and O–H groups in total. The molecule has 0 radical (unpaired) electrons. The molecule has 35 heavy (non-hydrogen) atoms. The average Bonchev–Trinajstić information content (AvgIpc) is 2.85. The van der Waals surface area contributed by atoms with E-state index in [2.05, 4.69) is 19.6 Å². The molecule has 0 unspecified atom stereocenters. The highest BCUT2D eigenvalue weighted by Gasteiger charge is 2.25. The number of aromatic nitrogens is 3. The van der Waals surface area contributed by atoms with Crippen molar-refractivity contribution in [2.75, 3.05) is 39.5 Å². The highest BCUT2D eigenvalue weighted by atomic mass is 19.3. The van der Waals surface area contributed by atoms with Crippen LogP contribution in [0.5, 0.6) is 11.5 Å². The van der Waals surface area contributed by atoms with E-state index in [1.165, 1.54) is 29.0 Å². The Morgan fingerprint density at radius 2 is 1.97 bits per heavy atom. The van der Waals surface area contributed by atoms with Crippen LogP contribution in [-0.2, 0) is 16.0 Å². The third-order valence-corrected chi connectivity index (χ3v) is 5.55. The van der Waals surface area contributed by atoms with Gasteiger partial charge in [0.1, 0.15) is 17.1 Å². The Labute approximate surface area is 198 Å². The minimum Gasteiger partial charge on any atom is -0.506 e. The zero-order chi connectivity index (χ0) is 24.9. The summed E-state index contributed by atoms with van der Waals surface area (Å²) < 4.78 is 40.8. The van der Waals surface area contributed by atoms with Crippen molar-refractivity contribution in [2.45, 2.75) is 20.1 Å². The number of halogens is 2. The zero-order valence-electron chi connectivity index (χ0n) is 18.9. The second-order valence-electron chi connectivity index (χ2n) is 7.71. The number of aromatic hydroxyl groups is 1. The number of fused-ring (bicyclic) bond motifs is 1. The molecule has 1 fully saturated rings. The van der Waals surface area contributed by atoms with E-state index >= 15 is 0 Å². The van der Waals surface area contributed by atoms with Crippen molar-refractivity contribution in [3.63, 3.8) is 0 Å². The number of alkyl halides is 2. The van der Waals surface area contributed by atoms with Gasteiger partial charge in [0.15, 0.2) is 5.56 Å². The summed E-state index contributed by atoms with van der Waals surface area (Å²) in [4.78, 5) is 36.3. The molecule has 10 nitrogen and oxygen atoms in total. The molecule has 0 amide bonds. The largest absolute Gasteiger partial charge is 0.506 e. The number of ether oxygens (including phenoxy) is 3. The van der Waals surface area contributed by atoms with Gasteiger partial charge in [0, 0.05) is 37.9 Å². The first kappa shape index (κ1) is 24.5. The molecule has 3 aromatic heterocycles. The Bertz CT molecular complexity index is 1260. The molecule has 1 aliphatic heterocycles. The molecule has 0 atom stereocenters. The number of nitrogens with zero attached hydrogens (tertiary/aromatic N) is 4. The maximum absolute atomic E-state index is 13.2. The molecule has 12 heteroatoms. The lowest BCUT2D eigenvalue weighted by molar-refractivity contribution is -0.0500. The molecule has 1 saturated heterocycles. The Morgan fingerprint density at radius 3 is 2.63 bits per heavy atom. The van der Waals surface area contributed by atoms with Crippen LogP contribution in [0.25, 0.3) is 22.3 Å². The van der Waals surface area contributed by atoms with Gasteiger partial charge in [-0.3, -0.25) is 19.2 Å². The van der Waals surface area contributed by atoms with Crippen molar-refractivity contribution >= 4 is 17.0 Å². The number of carbonyl (C=O) groups is 1. The Morgan fingerprint density at radius 1 is 1.20 bits per heavy atom. The van der Waals surface area contributed by atoms with E-state index in [9.17, 15) is 23.5 Å². The molecule has 0 bridgehead atoms. The highest BCUT2D eigenvalue weighted by molar-refractivity contribution is 5.99. The molecule has 4 heterocycles. The standard InChI is InChI=1S/C23H24F2N4O6/c1-2-34-22(32)18-19(30)16-11-14(17-4-3-15(13-26-17)35-23(24)25)12-27-20(16)29(21(18)31)6-5-28-7-9-33-10-8-28/h3-4,11-13,23,30H,2,5-10H2,1H3. The number of hydrogen-bond acceptors (Lipinski definition) is 9. The fraction of sp³-hybridized carbons (Fsp3) is 0.391. The maximum atomic E-state index is 13.2. The summed E-state index contributed by atoms with van der Waals surface area (Å²) in [5, 5.41) is 11.0. The quantitative estimate of drug-likeness (QED) is 0.475. The minimum absolute atomic E-state index is 0.0266. The van der Waals surface area contributed by atoms with E-state index in [4.69, 9.17) is 9.47 Å². The second-order valence-corrected chi connectivity index (χ2v) is 7.71. The number of hydrogen-bond donors (Lipinski definition) is 1. The number of rotatable bonds is 8. The van der Waals surface area contributed by atoms with Crippen LogP contribution in [0.15, 0.2) is 35.4 Å². The van der Waals surface area contributed by atoms with Gasteiger partial charge in [-0.1, -0.05) is 0 Å². The van der Waals surface area contributed by atoms with Crippen LogP contribution >= 0.6 is 0 Å². The molecule has 1 aliphatic rings. The van der Waals surface area contributed by atoms with Crippen molar-refractivity contribution in [2.24, 2.45) is 0 Å². The number of pyridine rings is 3. The zero-order valence-corrected chi connectivity index (χ0v) is 18.9. The molecule has 0 aliphatic carbocycles. The van der Waals surface area contributed by atoms with Crippen LogP contribution in [0.1, 0.15) is 17.3 Å². The van der Waals surface area contributed by atoms with Crippen molar-refractivity contribution in [1.29, 1.82) is 0 Å². The van der Waals surface area contributed by atoms with Gasteiger partial charge in [-0.15, -0.1) is 0 Å². The van der Waals surface area contributed by atoms with Crippen molar-refractivity contribution < 1.29 is 32.9 Å². The van der Waals surface area contributed by atoms with Crippen LogP contribution in [-0.4, -0.2) is 76.6 Å². The van der Waals surface area contributed by atoms with Gasteiger partial charge < -0.3 is 19.3 Å². The first-order valence-electron chi connectivity index (χ1n) is 11.0. The molecular weight excluding hydrogens is 466 g/mol. The molecule has 3 aromatic rings. The lowest BCUT2D eigenvalue weighted by Crippen LogP contribution is -2.40. The van der Waals surface area contributed by atoms with Gasteiger partial charge >= 0.3 is 12.6 Å². The lowest BCUT2D eigenvalue weighted by atomic mass is 10.1. The van der Waals surface area contributed by atoms with E-state index in [-0.39, 0.29) is 29.9 Å². The van der Waals surface area contributed by atoms with Crippen LogP contribution in [0.4, 0.5) is 8.78 Å². The third-order valence-electron chi connectivity index (χ3n) is 5.55. The van der Waals surface area contributed by atoms with E-state index in [0.717, 1.165) is 6.20 Å². The monoisotopic (exact) mass is 490 g/mol. The van der Waals surface area contributed by atoms with Crippen LogP contribution in [0, 0.1) is 0 Å². The fourth-order valence-electron chi connectivity index (χ4n) is 3.84. The van der Waals surface area contributed by atoms with Gasteiger partial charge in [0.2, 0.25) is 0 Å². The normalized spacial score (nSPS) is 14.4. The summed E-state index contributed by atoms with van der Waals surface area (Å²) >= 11 is 0. The molecule has 0 saturated carbocycles. The Hall–Kier alpha value is -3.64. The SMILES string of the molecule is CCOC(=O)c1c(O)c2cc(-c3ccc(OC(F)F)cn3)cnc2n(CCN2CCOCC2)c1=O. The lowest BCUT2D eigenvalue weighted by Gasteiger charge is -2.27. The predicted octanol–water partition coefficient (Wildman–Crippen LogP) is 2.27. The molecule has 0 aromatic carbocycles. The van der Waals surface area contributed by atoms with Gasteiger partial charge in [-0.05, 0) is 25.1 Å². The van der Waals surface area contributed by atoms with Crippen LogP contribution < -0.4 is 10.3 Å². The first-order valence-corrected chi connectivity index (χ1v) is 11.0. The maximum Gasteiger partial charge on any atom is 0.387 e. The van der Waals surface area contributed by atoms with Crippen molar-refractivity contribution in [1.82, 2.24) is 19.4 Å². The molecule has 186 valence electrons. The minimum atomic E-state index is -2.97. The first-order chi connectivity index (χ1) is 16.9. The average molecular weight is 490 g/mol. The van der Waals surface area contributed by atoms with Crippen LogP contribution in [0.3, 0.4) is 0 Å². The highest BCUT2D eigenvalue weighted by Crippen LogP contribution is 2.30. The summed E-state index contributed by atoms with van der Waals surface area (Å²) in [5.41, 5.74) is -0.188. The number of morpholine rings is 1. The molecule has 4 rings (SSSR count). The molecular formula is C23H24F2N4O6. The van der Waals surface area contributed by atoms with E-state index < -0.39 is 29.5 Å². The van der Waals surface area contributed by atoms with Gasteiger partial charge in [-0.2, -0.15) is 8.78 Å². The Kier molecular flexibility index (Phi) is 7.51. The van der Waals surface area contributed by atoms with Gasteiger partial charge in [0.05, 0.1) is 37.1 Å². The van der Waals surface area contributed by atoms with E-state index in [1.807, 2.05) is 0 Å². The van der Waals surface area contributed by atoms with E-state index in [0.29, 0.717) is 44.1 Å². The van der Waals surface area contributed by atoms with Gasteiger partial charge in [-0.25, -0.2) is 9.78 Å². The van der Waals surface area contributed by atoms with Crippen molar-refractivity contribution in [3.8, 4) is 22.8 Å². The predicted molar refractivity (Wildman–Crippen MR) is 121 cm³/mol. The molecule has 0 spiro atoms. The smallest absolute Gasteiger partial charge is 0.387 e. The summed E-state index contributed by atoms with van der Waals surface area (Å²) in [7, 11) is 0. The van der Waals surface area contributed by atoms with Crippen LogP contribution in [0.2, 0.25) is 0 Å². The summed E-state index contributed by atoms with van der Waals surface area (Å²) in [5.74, 6) is -1.59. The summed E-state index contributed by atoms with van der Waals surface area (Å²) in [6.45, 7) is 2.00. The Balaban J connectivity index is 1.77. The summed E-state index contributed by atoms with van der Waals surface area (Å²) in [6, 6.07) is 4.31. The van der Waals surface area contributed by atoms with Crippen molar-refractivity contribution in [3.05, 3.63) is 46.5 Å². The number of esters is 1. The topological polar surface area (TPSA) is 116 Å². The second kappa shape index (κ2) is 10.7. The summed E-state index contributed by atoms with van der Waals surface area (Å²) in [6.07, 6.45) is 2.59. The van der Waals surface area contributed by atoms with Gasteiger partial charge in [0.25, 0.3) is 5.56 Å². The van der Waals surface area contributed by atoms with E-state index in [1.54, 1.807) is 6.92 Å². The third kappa shape index (κ3) is 5.38.